The summed E-state index contributed by atoms with van der Waals surface area (Å²) in [5, 5.41) is 3.81. The Morgan fingerprint density at radius 2 is 1.80 bits per heavy atom. The van der Waals surface area contributed by atoms with Gasteiger partial charge in [0.25, 0.3) is 0 Å². The van der Waals surface area contributed by atoms with E-state index in [1.807, 2.05) is 0 Å². The molecule has 0 saturated carbocycles. The predicted molar refractivity (Wildman–Crippen MR) is 69.6 cm³/mol. The average Bonchev–Trinajstić information content (AvgIpc) is 2.79. The minimum absolute atomic E-state index is 0.326. The number of hydrogen-bond acceptors (Lipinski definition) is 2. The molecule has 0 saturated heterocycles. The highest BCUT2D eigenvalue weighted by molar-refractivity contribution is 5.58. The number of benzene rings is 1. The van der Waals surface area contributed by atoms with Gasteiger partial charge < -0.3 is 5.73 Å². The van der Waals surface area contributed by atoms with Crippen molar-refractivity contribution in [1.82, 2.24) is 9.78 Å². The Morgan fingerprint density at radius 1 is 1.10 bits per heavy atom. The number of alkyl halides is 3. The molecule has 0 fully saturated rings. The highest BCUT2D eigenvalue weighted by atomic mass is 19.4. The molecule has 2 N–H and O–H groups in total. The summed E-state index contributed by atoms with van der Waals surface area (Å²) in [5.41, 5.74) is 7.00. The summed E-state index contributed by atoms with van der Waals surface area (Å²) in [6, 6.07) is 6.85. The van der Waals surface area contributed by atoms with Crippen LogP contribution in [0, 0.1) is 0 Å². The molecule has 6 heteroatoms. The van der Waals surface area contributed by atoms with Crippen molar-refractivity contribution in [2.45, 2.75) is 31.9 Å². The number of nitrogen functional groups attached to an aromatic ring is 1. The summed E-state index contributed by atoms with van der Waals surface area (Å²) >= 11 is 0. The molecule has 3 rings (SSSR count). The summed E-state index contributed by atoms with van der Waals surface area (Å²) < 4.78 is 40.7. The number of nitrogens with two attached hydrogens (primary N) is 1. The van der Waals surface area contributed by atoms with E-state index in [0.717, 1.165) is 12.8 Å². The van der Waals surface area contributed by atoms with Crippen LogP contribution in [-0.4, -0.2) is 9.78 Å². The second-order valence-electron chi connectivity index (χ2n) is 4.95. The quantitative estimate of drug-likeness (QED) is 0.815. The van der Waals surface area contributed by atoms with Gasteiger partial charge in [-0.1, -0.05) is 12.1 Å². The van der Waals surface area contributed by atoms with Gasteiger partial charge in [0.2, 0.25) is 0 Å². The van der Waals surface area contributed by atoms with E-state index in [0.29, 0.717) is 35.5 Å². The van der Waals surface area contributed by atoms with E-state index in [1.54, 1.807) is 24.3 Å². The maximum atomic E-state index is 13.1. The van der Waals surface area contributed by atoms with E-state index in [-0.39, 0.29) is 0 Å². The van der Waals surface area contributed by atoms with Crippen LogP contribution in [0.2, 0.25) is 0 Å². The molecule has 0 bridgehead atoms. The first-order valence-electron chi connectivity index (χ1n) is 6.51. The van der Waals surface area contributed by atoms with Crippen LogP contribution in [0.25, 0.3) is 5.69 Å². The van der Waals surface area contributed by atoms with Gasteiger partial charge in [-0.2, -0.15) is 18.3 Å². The Labute approximate surface area is 114 Å². The molecule has 1 aromatic carbocycles. The van der Waals surface area contributed by atoms with Gasteiger partial charge in [-0.25, -0.2) is 4.68 Å². The van der Waals surface area contributed by atoms with E-state index < -0.39 is 11.9 Å². The van der Waals surface area contributed by atoms with E-state index >= 15 is 0 Å². The Bertz CT molecular complexity index is 644. The number of hydrogen-bond donors (Lipinski definition) is 1. The molecule has 0 spiro atoms. The van der Waals surface area contributed by atoms with Crippen LogP contribution in [0.4, 0.5) is 18.9 Å². The molecule has 106 valence electrons. The molecule has 2 aromatic rings. The lowest BCUT2D eigenvalue weighted by Gasteiger charge is -2.15. The molecule has 1 heterocycles. The SMILES string of the molecule is Nc1ccccc1-n1nc(C(F)(F)F)c2c1CCCC2. The Kier molecular flexibility index (Phi) is 2.96. The minimum Gasteiger partial charge on any atom is -0.397 e. The van der Waals surface area contributed by atoms with Crippen molar-refractivity contribution in [1.29, 1.82) is 0 Å². The van der Waals surface area contributed by atoms with Crippen molar-refractivity contribution in [2.24, 2.45) is 0 Å². The van der Waals surface area contributed by atoms with Gasteiger partial charge in [0.15, 0.2) is 5.69 Å². The van der Waals surface area contributed by atoms with Crippen LogP contribution >= 0.6 is 0 Å². The Balaban J connectivity index is 2.22. The van der Waals surface area contributed by atoms with E-state index in [9.17, 15) is 13.2 Å². The second kappa shape index (κ2) is 4.54. The van der Waals surface area contributed by atoms with E-state index in [2.05, 4.69) is 5.10 Å². The van der Waals surface area contributed by atoms with Gasteiger partial charge in [-0.15, -0.1) is 0 Å². The molecule has 1 aliphatic rings. The summed E-state index contributed by atoms with van der Waals surface area (Å²) in [5.74, 6) is 0. The molecule has 0 amide bonds. The summed E-state index contributed by atoms with van der Waals surface area (Å²) in [6.07, 6.45) is -1.74. The Hall–Kier alpha value is -1.98. The number of halogens is 3. The predicted octanol–water partition coefficient (Wildman–Crippen LogP) is 3.35. The van der Waals surface area contributed by atoms with Crippen molar-refractivity contribution in [2.75, 3.05) is 5.73 Å². The van der Waals surface area contributed by atoms with Gasteiger partial charge in [-0.05, 0) is 37.8 Å². The third kappa shape index (κ3) is 2.05. The third-order valence-corrected chi connectivity index (χ3v) is 3.61. The largest absolute Gasteiger partial charge is 0.435 e. The van der Waals surface area contributed by atoms with Crippen LogP contribution in [0.5, 0.6) is 0 Å². The number of rotatable bonds is 1. The molecule has 0 atom stereocenters. The molecule has 1 aromatic heterocycles. The van der Waals surface area contributed by atoms with Crippen LogP contribution in [0.15, 0.2) is 24.3 Å². The minimum atomic E-state index is -4.42. The molecule has 1 aliphatic carbocycles. The molecule has 20 heavy (non-hydrogen) atoms. The lowest BCUT2D eigenvalue weighted by molar-refractivity contribution is -0.142. The smallest absolute Gasteiger partial charge is 0.397 e. The van der Waals surface area contributed by atoms with Crippen molar-refractivity contribution >= 4 is 5.69 Å². The van der Waals surface area contributed by atoms with Crippen molar-refractivity contribution in [3.63, 3.8) is 0 Å². The zero-order valence-corrected chi connectivity index (χ0v) is 10.7. The molecule has 0 aliphatic heterocycles. The number of aromatic nitrogens is 2. The maximum absolute atomic E-state index is 13.1. The fraction of sp³-hybridized carbons (Fsp3) is 0.357. The van der Waals surface area contributed by atoms with E-state index in [4.69, 9.17) is 5.73 Å². The van der Waals surface area contributed by atoms with Crippen molar-refractivity contribution < 1.29 is 13.2 Å². The third-order valence-electron chi connectivity index (χ3n) is 3.61. The normalized spacial score (nSPS) is 15.2. The maximum Gasteiger partial charge on any atom is 0.435 e. The molecule has 3 nitrogen and oxygen atoms in total. The average molecular weight is 281 g/mol. The number of nitrogens with zero attached hydrogens (tertiary/aromatic N) is 2. The van der Waals surface area contributed by atoms with E-state index in [1.165, 1.54) is 4.68 Å². The standard InChI is InChI=1S/C14H14F3N3/c15-14(16,17)13-9-5-1-3-7-11(9)20(19-13)12-8-4-2-6-10(12)18/h2,4,6,8H,1,3,5,7,18H2. The van der Waals surface area contributed by atoms with Crippen LogP contribution < -0.4 is 5.73 Å². The zero-order valence-electron chi connectivity index (χ0n) is 10.7. The molecule has 0 unspecified atom stereocenters. The van der Waals surface area contributed by atoms with Crippen LogP contribution in [-0.2, 0) is 19.0 Å². The highest BCUT2D eigenvalue weighted by Gasteiger charge is 2.39. The monoisotopic (exact) mass is 281 g/mol. The lowest BCUT2D eigenvalue weighted by atomic mass is 9.95. The van der Waals surface area contributed by atoms with Gasteiger partial charge >= 0.3 is 6.18 Å². The molecule has 0 radical (unpaired) electrons. The first-order valence-corrected chi connectivity index (χ1v) is 6.51. The van der Waals surface area contributed by atoms with Gasteiger partial charge in [0.05, 0.1) is 11.4 Å². The second-order valence-corrected chi connectivity index (χ2v) is 4.95. The van der Waals surface area contributed by atoms with Crippen LogP contribution in [0.3, 0.4) is 0 Å². The lowest BCUT2D eigenvalue weighted by Crippen LogP contribution is -2.11. The highest BCUT2D eigenvalue weighted by Crippen LogP contribution is 2.37. The number of para-hydroxylation sites is 2. The van der Waals surface area contributed by atoms with Gasteiger partial charge in [0.1, 0.15) is 0 Å². The Morgan fingerprint density at radius 3 is 2.50 bits per heavy atom. The number of fused-ring (bicyclic) bond motifs is 1. The summed E-state index contributed by atoms with van der Waals surface area (Å²) in [4.78, 5) is 0. The first kappa shape index (κ1) is 13.0. The fourth-order valence-corrected chi connectivity index (χ4v) is 2.71. The topological polar surface area (TPSA) is 43.8 Å². The first-order chi connectivity index (χ1) is 9.48. The van der Waals surface area contributed by atoms with Crippen molar-refractivity contribution in [3.8, 4) is 5.69 Å². The fourth-order valence-electron chi connectivity index (χ4n) is 2.71. The van der Waals surface area contributed by atoms with Crippen molar-refractivity contribution in [3.05, 3.63) is 41.2 Å². The van der Waals surface area contributed by atoms with Gasteiger partial charge in [0, 0.05) is 11.3 Å². The summed E-state index contributed by atoms with van der Waals surface area (Å²) in [7, 11) is 0. The number of anilines is 1. The van der Waals surface area contributed by atoms with Crippen LogP contribution in [0.1, 0.15) is 29.8 Å². The molecular weight excluding hydrogens is 267 g/mol. The molecular formula is C14H14F3N3. The summed E-state index contributed by atoms with van der Waals surface area (Å²) in [6.45, 7) is 0. The zero-order chi connectivity index (χ0) is 14.3. The van der Waals surface area contributed by atoms with Gasteiger partial charge in [-0.3, -0.25) is 0 Å².